The number of anilines is 1. The number of aryl methyl sites for hydroxylation is 1. The van der Waals surface area contributed by atoms with E-state index in [9.17, 15) is 4.79 Å². The van der Waals surface area contributed by atoms with Gasteiger partial charge in [0.2, 0.25) is 5.91 Å². The zero-order valence-electron chi connectivity index (χ0n) is 16.4. The Morgan fingerprint density at radius 1 is 1.26 bits per heavy atom. The minimum absolute atomic E-state index is 0. The first-order chi connectivity index (χ1) is 12.6. The summed E-state index contributed by atoms with van der Waals surface area (Å²) in [4.78, 5) is 14.8. The number of likely N-dealkylation sites (N-methyl/N-ethyl adjacent to an activating group) is 1. The minimum Gasteiger partial charge on any atom is -0.323 e. The van der Waals surface area contributed by atoms with Crippen LogP contribution in [0.5, 0.6) is 0 Å². The number of aromatic nitrogens is 2. The first kappa shape index (κ1) is 21.4. The molecule has 27 heavy (non-hydrogen) atoms. The SMILES string of the molecule is CNC1CCCN(CCC(=O)Nc2c(C)nn(-c3ccccc3)c2C)C1.Cl. The van der Waals surface area contributed by atoms with Gasteiger partial charge in [-0.2, -0.15) is 5.10 Å². The van der Waals surface area contributed by atoms with E-state index in [1.165, 1.54) is 12.8 Å². The fourth-order valence-electron chi connectivity index (χ4n) is 3.60. The molecule has 3 rings (SSSR count). The van der Waals surface area contributed by atoms with Crippen LogP contribution in [0.4, 0.5) is 5.69 Å². The van der Waals surface area contributed by atoms with E-state index in [2.05, 4.69) is 20.6 Å². The maximum Gasteiger partial charge on any atom is 0.225 e. The molecule has 1 aromatic carbocycles. The summed E-state index contributed by atoms with van der Waals surface area (Å²) < 4.78 is 1.88. The molecule has 1 saturated heterocycles. The van der Waals surface area contributed by atoms with Gasteiger partial charge in [0.15, 0.2) is 0 Å². The van der Waals surface area contributed by atoms with Crippen LogP contribution in [0.3, 0.4) is 0 Å². The number of carbonyl (C=O) groups excluding carboxylic acids is 1. The van der Waals surface area contributed by atoms with Crippen LogP contribution >= 0.6 is 12.4 Å². The van der Waals surface area contributed by atoms with Crippen LogP contribution in [0.1, 0.15) is 30.7 Å². The van der Waals surface area contributed by atoms with E-state index >= 15 is 0 Å². The summed E-state index contributed by atoms with van der Waals surface area (Å²) in [5.41, 5.74) is 3.62. The lowest BCUT2D eigenvalue weighted by Gasteiger charge is -2.32. The summed E-state index contributed by atoms with van der Waals surface area (Å²) in [6, 6.07) is 10.5. The highest BCUT2D eigenvalue weighted by Gasteiger charge is 2.20. The molecule has 0 radical (unpaired) electrons. The lowest BCUT2D eigenvalue weighted by atomic mass is 10.1. The highest BCUT2D eigenvalue weighted by molar-refractivity contribution is 5.92. The Balaban J connectivity index is 0.00000261. The number of nitrogens with zero attached hydrogens (tertiary/aromatic N) is 3. The Kier molecular flexibility index (Phi) is 7.83. The molecule has 0 aliphatic carbocycles. The number of amides is 1. The number of halogens is 1. The van der Waals surface area contributed by atoms with Crippen molar-refractivity contribution in [1.82, 2.24) is 20.0 Å². The zero-order valence-corrected chi connectivity index (χ0v) is 17.2. The molecule has 0 spiro atoms. The monoisotopic (exact) mass is 391 g/mol. The molecule has 2 N–H and O–H groups in total. The molecule has 2 heterocycles. The van der Waals surface area contributed by atoms with Gasteiger partial charge in [0.1, 0.15) is 0 Å². The lowest BCUT2D eigenvalue weighted by molar-refractivity contribution is -0.116. The topological polar surface area (TPSA) is 62.2 Å². The van der Waals surface area contributed by atoms with E-state index in [4.69, 9.17) is 0 Å². The Morgan fingerprint density at radius 3 is 2.70 bits per heavy atom. The number of hydrogen-bond donors (Lipinski definition) is 2. The number of rotatable bonds is 6. The van der Waals surface area contributed by atoms with Gasteiger partial charge in [0.05, 0.1) is 22.8 Å². The fraction of sp³-hybridized carbons (Fsp3) is 0.500. The van der Waals surface area contributed by atoms with Crippen molar-refractivity contribution >= 4 is 24.0 Å². The molecule has 1 aliphatic heterocycles. The van der Waals surface area contributed by atoms with Crippen molar-refractivity contribution in [3.05, 3.63) is 41.7 Å². The zero-order chi connectivity index (χ0) is 18.5. The van der Waals surface area contributed by atoms with Gasteiger partial charge >= 0.3 is 0 Å². The van der Waals surface area contributed by atoms with E-state index in [1.54, 1.807) is 0 Å². The standard InChI is InChI=1S/C20H29N5O.ClH/c1-15-20(16(2)25(23-15)18-9-5-4-6-10-18)22-19(26)11-13-24-12-7-8-17(14-24)21-3;/h4-6,9-10,17,21H,7-8,11-14H2,1-3H3,(H,22,26);1H. The third-order valence-corrected chi connectivity index (χ3v) is 5.13. The summed E-state index contributed by atoms with van der Waals surface area (Å²) in [6.07, 6.45) is 2.91. The minimum atomic E-state index is 0. The lowest BCUT2D eigenvalue weighted by Crippen LogP contribution is -2.45. The first-order valence-electron chi connectivity index (χ1n) is 9.39. The van der Waals surface area contributed by atoms with Crippen LogP contribution < -0.4 is 10.6 Å². The van der Waals surface area contributed by atoms with Crippen LogP contribution in [0, 0.1) is 13.8 Å². The predicted molar refractivity (Wildman–Crippen MR) is 112 cm³/mol. The highest BCUT2D eigenvalue weighted by atomic mass is 35.5. The normalized spacial score (nSPS) is 17.4. The Bertz CT molecular complexity index is 746. The van der Waals surface area contributed by atoms with Crippen LogP contribution in [-0.4, -0.2) is 53.3 Å². The highest BCUT2D eigenvalue weighted by Crippen LogP contribution is 2.23. The van der Waals surface area contributed by atoms with E-state index in [1.807, 2.05) is 55.9 Å². The van der Waals surface area contributed by atoms with Crippen LogP contribution in [0.2, 0.25) is 0 Å². The third kappa shape index (κ3) is 5.31. The molecule has 1 aliphatic rings. The average Bonchev–Trinajstić information content (AvgIpc) is 2.95. The van der Waals surface area contributed by atoms with Crippen molar-refractivity contribution in [2.24, 2.45) is 0 Å². The molecule has 1 fully saturated rings. The van der Waals surface area contributed by atoms with E-state index in [0.29, 0.717) is 12.5 Å². The van der Waals surface area contributed by atoms with Gasteiger partial charge in [-0.25, -0.2) is 4.68 Å². The number of para-hydroxylation sites is 1. The molecular weight excluding hydrogens is 362 g/mol. The van der Waals surface area contributed by atoms with Crippen LogP contribution in [0.15, 0.2) is 30.3 Å². The van der Waals surface area contributed by atoms with Gasteiger partial charge in [-0.1, -0.05) is 18.2 Å². The van der Waals surface area contributed by atoms with Crippen molar-refractivity contribution in [3.63, 3.8) is 0 Å². The van der Waals surface area contributed by atoms with Crippen molar-refractivity contribution in [2.45, 2.75) is 39.2 Å². The van der Waals surface area contributed by atoms with Crippen molar-refractivity contribution in [1.29, 1.82) is 0 Å². The molecule has 1 atom stereocenters. The first-order valence-corrected chi connectivity index (χ1v) is 9.39. The molecule has 1 amide bonds. The predicted octanol–water partition coefficient (Wildman–Crippen LogP) is 2.92. The summed E-state index contributed by atoms with van der Waals surface area (Å²) in [5.74, 6) is 0.0513. The molecule has 2 aromatic rings. The number of likely N-dealkylation sites (tertiary alicyclic amines) is 1. The number of hydrogen-bond acceptors (Lipinski definition) is 4. The number of benzene rings is 1. The van der Waals surface area contributed by atoms with Crippen LogP contribution in [0.25, 0.3) is 5.69 Å². The summed E-state index contributed by atoms with van der Waals surface area (Å²) in [5, 5.41) is 11.0. The third-order valence-electron chi connectivity index (χ3n) is 5.13. The quantitative estimate of drug-likeness (QED) is 0.794. The molecule has 7 heteroatoms. The van der Waals surface area contributed by atoms with Gasteiger partial charge in [-0.05, 0) is 52.4 Å². The van der Waals surface area contributed by atoms with Crippen molar-refractivity contribution in [3.8, 4) is 5.69 Å². The second-order valence-electron chi connectivity index (χ2n) is 7.02. The van der Waals surface area contributed by atoms with Crippen molar-refractivity contribution in [2.75, 3.05) is 32.0 Å². The smallest absolute Gasteiger partial charge is 0.225 e. The molecule has 148 valence electrons. The number of nitrogens with one attached hydrogen (secondary N) is 2. The van der Waals surface area contributed by atoms with Gasteiger partial charge < -0.3 is 15.5 Å². The molecule has 6 nitrogen and oxygen atoms in total. The van der Waals surface area contributed by atoms with Gasteiger partial charge in [-0.3, -0.25) is 4.79 Å². The van der Waals surface area contributed by atoms with E-state index in [-0.39, 0.29) is 18.3 Å². The van der Waals surface area contributed by atoms with E-state index in [0.717, 1.165) is 42.4 Å². The maximum atomic E-state index is 12.5. The Hall–Kier alpha value is -1.89. The summed E-state index contributed by atoms with van der Waals surface area (Å²) in [7, 11) is 2.01. The molecule has 0 saturated carbocycles. The Morgan fingerprint density at radius 2 is 2.00 bits per heavy atom. The molecule has 1 aromatic heterocycles. The number of carbonyl (C=O) groups is 1. The van der Waals surface area contributed by atoms with Gasteiger partial charge in [-0.15, -0.1) is 12.4 Å². The van der Waals surface area contributed by atoms with Gasteiger partial charge in [0.25, 0.3) is 0 Å². The van der Waals surface area contributed by atoms with Crippen LogP contribution in [-0.2, 0) is 4.79 Å². The fourth-order valence-corrected chi connectivity index (χ4v) is 3.60. The summed E-state index contributed by atoms with van der Waals surface area (Å²) in [6.45, 7) is 6.83. The molecule has 1 unspecified atom stereocenters. The molecular formula is C20H30ClN5O. The average molecular weight is 392 g/mol. The van der Waals surface area contributed by atoms with E-state index < -0.39 is 0 Å². The second kappa shape index (κ2) is 9.88. The second-order valence-corrected chi connectivity index (χ2v) is 7.02. The Labute approximate surface area is 167 Å². The van der Waals surface area contributed by atoms with Gasteiger partial charge in [0, 0.05) is 25.6 Å². The number of piperidine rings is 1. The molecule has 0 bridgehead atoms. The largest absolute Gasteiger partial charge is 0.323 e. The van der Waals surface area contributed by atoms with Crippen molar-refractivity contribution < 1.29 is 4.79 Å². The summed E-state index contributed by atoms with van der Waals surface area (Å²) >= 11 is 0. The maximum absolute atomic E-state index is 12.5.